The first-order valence-electron chi connectivity index (χ1n) is 7.33. The summed E-state index contributed by atoms with van der Waals surface area (Å²) in [4.78, 5) is 15.5. The molecule has 0 saturated heterocycles. The van der Waals surface area contributed by atoms with E-state index in [1.54, 1.807) is 6.07 Å². The van der Waals surface area contributed by atoms with Crippen LogP contribution in [0.15, 0.2) is 35.5 Å². The number of benzene rings is 1. The topological polar surface area (TPSA) is 145 Å². The fourth-order valence-corrected chi connectivity index (χ4v) is 3.69. The third-order valence-corrected chi connectivity index (χ3v) is 4.90. The average molecular weight is 356 g/mol. The number of aromatic amines is 1. The minimum Gasteiger partial charge on any atom is -0.299 e. The van der Waals surface area contributed by atoms with Crippen molar-refractivity contribution in [3.8, 4) is 22.5 Å². The number of nitrogens with zero attached hydrogens (tertiary/aromatic N) is 4. The van der Waals surface area contributed by atoms with Crippen LogP contribution in [0.4, 0.5) is 0 Å². The summed E-state index contributed by atoms with van der Waals surface area (Å²) < 4.78 is 23.9. The molecule has 0 bridgehead atoms. The molecule has 126 valence electrons. The summed E-state index contributed by atoms with van der Waals surface area (Å²) in [6.07, 6.45) is 2.15. The van der Waals surface area contributed by atoms with Gasteiger partial charge in [-0.25, -0.2) is 18.5 Å². The van der Waals surface area contributed by atoms with Gasteiger partial charge in [-0.2, -0.15) is 5.21 Å². The molecule has 1 aliphatic carbocycles. The van der Waals surface area contributed by atoms with Crippen LogP contribution in [0, 0.1) is 0 Å². The molecule has 0 spiro atoms. The van der Waals surface area contributed by atoms with E-state index in [-0.39, 0.29) is 22.2 Å². The average Bonchev–Trinajstić information content (AvgIpc) is 3.20. The summed E-state index contributed by atoms with van der Waals surface area (Å²) in [6.45, 7) is 0. The summed E-state index contributed by atoms with van der Waals surface area (Å²) in [6, 6.07) is 7.21. The molecule has 0 atom stereocenters. The van der Waals surface area contributed by atoms with Gasteiger partial charge in [0.15, 0.2) is 5.03 Å². The van der Waals surface area contributed by atoms with Gasteiger partial charge < -0.3 is 0 Å². The Hall–Kier alpha value is -2.98. The number of hydrogen-bond donors (Lipinski definition) is 2. The zero-order chi connectivity index (χ0) is 17.6. The molecule has 0 fully saturated rings. The first kappa shape index (κ1) is 15.5. The van der Waals surface area contributed by atoms with Crippen molar-refractivity contribution in [1.29, 1.82) is 0 Å². The molecule has 0 saturated carbocycles. The second-order valence-electron chi connectivity index (χ2n) is 5.69. The molecular formula is C15H12N6O3S. The Bertz CT molecular complexity index is 1090. The number of tetrazole rings is 1. The highest BCUT2D eigenvalue weighted by Gasteiger charge is 2.25. The molecule has 9 nitrogen and oxygen atoms in total. The molecule has 0 unspecified atom stereocenters. The van der Waals surface area contributed by atoms with Gasteiger partial charge in [-0.1, -0.05) is 18.2 Å². The normalized spacial score (nSPS) is 13.9. The molecule has 4 rings (SSSR count). The number of nitrogens with two attached hydrogens (primary N) is 1. The van der Waals surface area contributed by atoms with Gasteiger partial charge in [-0.05, 0) is 33.5 Å². The van der Waals surface area contributed by atoms with Gasteiger partial charge in [-0.15, -0.1) is 10.2 Å². The number of nitrogens with one attached hydrogen (secondary N) is 1. The molecule has 3 N–H and O–H groups in total. The number of aromatic nitrogens is 5. The first-order valence-corrected chi connectivity index (χ1v) is 8.87. The van der Waals surface area contributed by atoms with Crippen LogP contribution in [0.3, 0.4) is 0 Å². The van der Waals surface area contributed by atoms with Gasteiger partial charge in [-0.3, -0.25) is 4.79 Å². The smallest absolute Gasteiger partial charge is 0.256 e. The van der Waals surface area contributed by atoms with Gasteiger partial charge in [0.05, 0.1) is 5.56 Å². The molecule has 2 aromatic heterocycles. The summed E-state index contributed by atoms with van der Waals surface area (Å²) in [5.41, 5.74) is 3.34. The van der Waals surface area contributed by atoms with Crippen molar-refractivity contribution in [3.05, 3.63) is 41.6 Å². The molecule has 0 amide bonds. The van der Waals surface area contributed by atoms with E-state index in [1.807, 2.05) is 18.2 Å². The fourth-order valence-electron chi connectivity index (χ4n) is 3.00. The number of H-pyrrole nitrogens is 1. The molecule has 1 aromatic carbocycles. The second kappa shape index (κ2) is 5.53. The van der Waals surface area contributed by atoms with Crippen molar-refractivity contribution in [1.82, 2.24) is 25.6 Å². The van der Waals surface area contributed by atoms with Crippen molar-refractivity contribution in [2.75, 3.05) is 0 Å². The molecular weight excluding hydrogens is 344 g/mol. The Morgan fingerprint density at radius 2 is 1.92 bits per heavy atom. The maximum atomic E-state index is 11.9. The van der Waals surface area contributed by atoms with Crippen LogP contribution in [-0.2, 0) is 27.7 Å². The van der Waals surface area contributed by atoms with Crippen molar-refractivity contribution in [2.45, 2.75) is 17.9 Å². The second-order valence-corrected chi connectivity index (χ2v) is 7.17. The third-order valence-electron chi connectivity index (χ3n) is 4.05. The Kier molecular flexibility index (Phi) is 3.44. The van der Waals surface area contributed by atoms with E-state index in [9.17, 15) is 13.2 Å². The van der Waals surface area contributed by atoms with Crippen LogP contribution >= 0.6 is 0 Å². The minimum atomic E-state index is -4.10. The van der Waals surface area contributed by atoms with Crippen LogP contribution in [0.2, 0.25) is 0 Å². The molecule has 2 heterocycles. The van der Waals surface area contributed by atoms with Crippen LogP contribution in [0.25, 0.3) is 22.5 Å². The molecule has 10 heteroatoms. The maximum absolute atomic E-state index is 11.9. The summed E-state index contributed by atoms with van der Waals surface area (Å²) >= 11 is 0. The van der Waals surface area contributed by atoms with Gasteiger partial charge in [0.25, 0.3) is 10.0 Å². The van der Waals surface area contributed by atoms with Crippen LogP contribution in [-0.4, -0.2) is 39.8 Å². The number of rotatable bonds is 3. The summed E-state index contributed by atoms with van der Waals surface area (Å²) in [7, 11) is -4.10. The Balaban J connectivity index is 1.97. The largest absolute Gasteiger partial charge is 0.299 e. The predicted molar refractivity (Wildman–Crippen MR) is 86.6 cm³/mol. The lowest BCUT2D eigenvalue weighted by atomic mass is 9.97. The van der Waals surface area contributed by atoms with E-state index in [1.165, 1.54) is 6.20 Å². The van der Waals surface area contributed by atoms with Crippen LogP contribution in [0.1, 0.15) is 11.1 Å². The highest BCUT2D eigenvalue weighted by molar-refractivity contribution is 7.89. The minimum absolute atomic E-state index is 0.0729. The van der Waals surface area contributed by atoms with Crippen LogP contribution < -0.4 is 5.14 Å². The van der Waals surface area contributed by atoms with E-state index in [2.05, 4.69) is 25.6 Å². The Morgan fingerprint density at radius 1 is 1.12 bits per heavy atom. The van der Waals surface area contributed by atoms with Crippen molar-refractivity contribution in [3.63, 3.8) is 0 Å². The zero-order valence-electron chi connectivity index (χ0n) is 12.8. The predicted octanol–water partition coefficient (Wildman–Crippen LogP) is 0.244. The van der Waals surface area contributed by atoms with E-state index < -0.39 is 10.0 Å². The van der Waals surface area contributed by atoms with Crippen LogP contribution in [0.5, 0.6) is 0 Å². The monoisotopic (exact) mass is 356 g/mol. The highest BCUT2D eigenvalue weighted by Crippen LogP contribution is 2.35. The van der Waals surface area contributed by atoms with E-state index in [0.717, 1.165) is 16.7 Å². The number of primary sulfonamides is 1. The molecule has 25 heavy (non-hydrogen) atoms. The number of Topliss-reactive ketones (excluding diaryl/α,β-unsaturated/α-hetero) is 1. The van der Waals surface area contributed by atoms with Crippen molar-refractivity contribution in [2.24, 2.45) is 5.14 Å². The molecule has 1 aliphatic rings. The van der Waals surface area contributed by atoms with Gasteiger partial charge in [0.1, 0.15) is 5.78 Å². The first-order chi connectivity index (χ1) is 11.9. The number of pyridine rings is 1. The van der Waals surface area contributed by atoms with Gasteiger partial charge >= 0.3 is 0 Å². The SMILES string of the molecule is NS(=O)(=O)c1nccc(-c2ccc3c(c2)CC(=O)C3)c1-c1nn[nH]n1. The number of fused-ring (bicyclic) bond motifs is 1. The number of ketones is 1. The Morgan fingerprint density at radius 3 is 2.64 bits per heavy atom. The molecule has 3 aromatic rings. The molecule has 0 radical (unpaired) electrons. The summed E-state index contributed by atoms with van der Waals surface area (Å²) in [5, 5.41) is 18.5. The van der Waals surface area contributed by atoms with Gasteiger partial charge in [0.2, 0.25) is 5.82 Å². The standard InChI is InChI=1S/C15H12N6O3S/c16-25(23,24)15-13(14-18-20-21-19-14)12(3-4-17-15)9-2-1-8-6-11(22)7-10(8)5-9/h1-5H,6-7H2,(H2,16,23,24)(H,18,19,20,21). The number of sulfonamides is 1. The van der Waals surface area contributed by atoms with E-state index in [4.69, 9.17) is 5.14 Å². The lowest BCUT2D eigenvalue weighted by molar-refractivity contribution is -0.117. The maximum Gasteiger partial charge on any atom is 0.256 e. The van der Waals surface area contributed by atoms with Crippen molar-refractivity contribution < 1.29 is 13.2 Å². The highest BCUT2D eigenvalue weighted by atomic mass is 32.2. The lowest BCUT2D eigenvalue weighted by Gasteiger charge is -2.11. The number of hydrogen-bond acceptors (Lipinski definition) is 7. The number of carbonyl (C=O) groups is 1. The quantitative estimate of drug-likeness (QED) is 0.684. The van der Waals surface area contributed by atoms with Gasteiger partial charge in [0, 0.05) is 19.0 Å². The third kappa shape index (κ3) is 2.71. The lowest BCUT2D eigenvalue weighted by Crippen LogP contribution is -2.16. The van der Waals surface area contributed by atoms with E-state index >= 15 is 0 Å². The van der Waals surface area contributed by atoms with Crippen molar-refractivity contribution >= 4 is 15.8 Å². The summed E-state index contributed by atoms with van der Waals surface area (Å²) in [5.74, 6) is 0.231. The zero-order valence-corrected chi connectivity index (χ0v) is 13.6. The Labute approximate surface area is 142 Å². The fraction of sp³-hybridized carbons (Fsp3) is 0.133. The van der Waals surface area contributed by atoms with E-state index in [0.29, 0.717) is 18.4 Å². The molecule has 0 aliphatic heterocycles. The number of carbonyl (C=O) groups excluding carboxylic acids is 1.